The van der Waals surface area contributed by atoms with Crippen molar-refractivity contribution in [3.63, 3.8) is 0 Å². The van der Waals surface area contributed by atoms with E-state index in [4.69, 9.17) is 9.84 Å². The fourth-order valence-corrected chi connectivity index (χ4v) is 4.13. The fraction of sp³-hybridized carbons (Fsp3) is 0.417. The van der Waals surface area contributed by atoms with Gasteiger partial charge in [-0.3, -0.25) is 9.69 Å². The molecule has 1 atom stereocenters. The number of aryl methyl sites for hydroxylation is 1. The molecule has 1 amide bonds. The highest BCUT2D eigenvalue weighted by molar-refractivity contribution is 6.03. The van der Waals surface area contributed by atoms with Crippen molar-refractivity contribution in [1.82, 2.24) is 9.91 Å². The van der Waals surface area contributed by atoms with Gasteiger partial charge in [0.25, 0.3) is 5.91 Å². The molecule has 0 aromatic heterocycles. The average Bonchev–Trinajstić information content (AvgIpc) is 3.21. The van der Waals surface area contributed by atoms with Crippen LogP contribution < -0.4 is 4.74 Å². The van der Waals surface area contributed by atoms with Gasteiger partial charge in [-0.25, -0.2) is 5.01 Å². The molecule has 0 spiro atoms. The molecule has 2 aromatic rings. The predicted molar refractivity (Wildman–Crippen MR) is 115 cm³/mol. The number of nitrogens with zero attached hydrogens (tertiary/aromatic N) is 3. The van der Waals surface area contributed by atoms with Gasteiger partial charge in [-0.2, -0.15) is 5.10 Å². The molecule has 2 aromatic carbocycles. The molecule has 2 aliphatic rings. The minimum atomic E-state index is -0.0509. The van der Waals surface area contributed by atoms with E-state index in [1.54, 1.807) is 12.1 Å². The van der Waals surface area contributed by atoms with Crippen LogP contribution in [0, 0.1) is 6.92 Å². The first-order chi connectivity index (χ1) is 14.1. The van der Waals surface area contributed by atoms with Gasteiger partial charge in [0.15, 0.2) is 0 Å². The van der Waals surface area contributed by atoms with Crippen LogP contribution in [0.1, 0.15) is 48.4 Å². The van der Waals surface area contributed by atoms with Gasteiger partial charge < -0.3 is 4.74 Å². The molecule has 2 heterocycles. The highest BCUT2D eigenvalue weighted by Crippen LogP contribution is 2.33. The summed E-state index contributed by atoms with van der Waals surface area (Å²) in [5.41, 5.74) is 4.34. The summed E-state index contributed by atoms with van der Waals surface area (Å²) in [7, 11) is 1.66. The van der Waals surface area contributed by atoms with E-state index in [2.05, 4.69) is 36.1 Å². The molecule has 5 heteroatoms. The molecule has 5 nitrogen and oxygen atoms in total. The van der Waals surface area contributed by atoms with E-state index in [-0.39, 0.29) is 11.9 Å². The Hall–Kier alpha value is -2.66. The molecule has 1 saturated heterocycles. The Morgan fingerprint density at radius 2 is 1.72 bits per heavy atom. The number of rotatable bonds is 5. The van der Waals surface area contributed by atoms with Gasteiger partial charge in [0.2, 0.25) is 0 Å². The van der Waals surface area contributed by atoms with E-state index in [1.165, 1.54) is 24.8 Å². The Morgan fingerprint density at radius 1 is 1.03 bits per heavy atom. The van der Waals surface area contributed by atoms with Crippen LogP contribution in [0.4, 0.5) is 0 Å². The second-order valence-electron chi connectivity index (χ2n) is 7.98. The minimum Gasteiger partial charge on any atom is -0.497 e. The zero-order chi connectivity index (χ0) is 20.2. The SMILES string of the molecule is COc1ccc(C2=NN(C(=O)CN3CCCCC3)[C@@H](c3ccc(C)cc3)C2)cc1. The molecule has 0 saturated carbocycles. The van der Waals surface area contributed by atoms with Gasteiger partial charge in [0.05, 0.1) is 25.4 Å². The van der Waals surface area contributed by atoms with E-state index in [1.807, 2.05) is 24.3 Å². The lowest BCUT2D eigenvalue weighted by Gasteiger charge is -2.29. The van der Waals surface area contributed by atoms with Crippen molar-refractivity contribution in [3.8, 4) is 5.75 Å². The van der Waals surface area contributed by atoms with Crippen LogP contribution in [0.15, 0.2) is 53.6 Å². The lowest BCUT2D eigenvalue weighted by atomic mass is 9.97. The van der Waals surface area contributed by atoms with Gasteiger partial charge in [0, 0.05) is 6.42 Å². The van der Waals surface area contributed by atoms with E-state index in [9.17, 15) is 4.79 Å². The number of ether oxygens (including phenoxy) is 1. The molecular weight excluding hydrogens is 362 g/mol. The van der Waals surface area contributed by atoms with Crippen LogP contribution in [-0.2, 0) is 4.79 Å². The van der Waals surface area contributed by atoms with Crippen molar-refractivity contribution in [2.45, 2.75) is 38.6 Å². The number of methoxy groups -OCH3 is 1. The minimum absolute atomic E-state index is 0.0509. The summed E-state index contributed by atoms with van der Waals surface area (Å²) >= 11 is 0. The molecule has 1 fully saturated rings. The number of carbonyl (C=O) groups is 1. The number of hydrogen-bond donors (Lipinski definition) is 0. The fourth-order valence-electron chi connectivity index (χ4n) is 4.13. The van der Waals surface area contributed by atoms with Crippen LogP contribution in [0.2, 0.25) is 0 Å². The summed E-state index contributed by atoms with van der Waals surface area (Å²) in [5, 5.41) is 6.51. The molecule has 0 bridgehead atoms. The van der Waals surface area contributed by atoms with Gasteiger partial charge in [-0.15, -0.1) is 0 Å². The molecule has 152 valence electrons. The lowest BCUT2D eigenvalue weighted by molar-refractivity contribution is -0.134. The summed E-state index contributed by atoms with van der Waals surface area (Å²) in [5.74, 6) is 0.904. The number of hydrogen-bond acceptors (Lipinski definition) is 4. The van der Waals surface area contributed by atoms with Crippen molar-refractivity contribution < 1.29 is 9.53 Å². The Bertz CT molecular complexity index is 868. The van der Waals surface area contributed by atoms with Crippen LogP contribution in [0.3, 0.4) is 0 Å². The maximum atomic E-state index is 13.2. The molecule has 0 radical (unpaired) electrons. The summed E-state index contributed by atoms with van der Waals surface area (Å²) in [6.45, 7) is 4.53. The van der Waals surface area contributed by atoms with E-state index in [0.29, 0.717) is 6.54 Å². The zero-order valence-electron chi connectivity index (χ0n) is 17.3. The smallest absolute Gasteiger partial charge is 0.257 e. The van der Waals surface area contributed by atoms with Crippen molar-refractivity contribution in [2.24, 2.45) is 5.10 Å². The standard InChI is InChI=1S/C24H29N3O2/c1-18-6-8-20(9-7-18)23-16-22(19-10-12-21(29-2)13-11-19)25-27(23)24(28)17-26-14-4-3-5-15-26/h6-13,23H,3-5,14-17H2,1-2H3/t23-/m1/s1. The number of carbonyl (C=O) groups excluding carboxylic acids is 1. The number of piperidine rings is 1. The summed E-state index contributed by atoms with van der Waals surface area (Å²) < 4.78 is 5.27. The quantitative estimate of drug-likeness (QED) is 0.769. The van der Waals surface area contributed by atoms with E-state index < -0.39 is 0 Å². The van der Waals surface area contributed by atoms with Crippen LogP contribution >= 0.6 is 0 Å². The first-order valence-electron chi connectivity index (χ1n) is 10.5. The zero-order valence-corrected chi connectivity index (χ0v) is 17.3. The number of likely N-dealkylation sites (tertiary alicyclic amines) is 1. The van der Waals surface area contributed by atoms with Crippen molar-refractivity contribution in [1.29, 1.82) is 0 Å². The summed E-state index contributed by atoms with van der Waals surface area (Å²) in [6.07, 6.45) is 4.34. The van der Waals surface area contributed by atoms with Gasteiger partial charge >= 0.3 is 0 Å². The van der Waals surface area contributed by atoms with Crippen LogP contribution in [0.5, 0.6) is 5.75 Å². The second kappa shape index (κ2) is 8.78. The molecule has 2 aliphatic heterocycles. The van der Waals surface area contributed by atoms with Crippen molar-refractivity contribution >= 4 is 11.6 Å². The maximum Gasteiger partial charge on any atom is 0.257 e. The first-order valence-corrected chi connectivity index (χ1v) is 10.5. The molecule has 4 rings (SSSR count). The summed E-state index contributed by atoms with van der Waals surface area (Å²) in [4.78, 5) is 15.5. The van der Waals surface area contributed by atoms with Crippen molar-refractivity contribution in [2.75, 3.05) is 26.7 Å². The third kappa shape index (κ3) is 4.51. The normalized spacial score (nSPS) is 19.9. The average molecular weight is 392 g/mol. The molecule has 0 aliphatic carbocycles. The summed E-state index contributed by atoms with van der Waals surface area (Å²) in [6, 6.07) is 16.3. The molecule has 0 unspecified atom stereocenters. The highest BCUT2D eigenvalue weighted by atomic mass is 16.5. The van der Waals surface area contributed by atoms with E-state index >= 15 is 0 Å². The molecule has 0 N–H and O–H groups in total. The topological polar surface area (TPSA) is 45.1 Å². The Balaban J connectivity index is 1.59. The monoisotopic (exact) mass is 391 g/mol. The third-order valence-electron chi connectivity index (χ3n) is 5.86. The van der Waals surface area contributed by atoms with Gasteiger partial charge in [0.1, 0.15) is 5.75 Å². The Kier molecular flexibility index (Phi) is 5.95. The number of benzene rings is 2. The maximum absolute atomic E-state index is 13.2. The Labute approximate surface area is 173 Å². The van der Waals surface area contributed by atoms with Crippen LogP contribution in [0.25, 0.3) is 0 Å². The molecule has 29 heavy (non-hydrogen) atoms. The lowest BCUT2D eigenvalue weighted by Crippen LogP contribution is -2.40. The third-order valence-corrected chi connectivity index (χ3v) is 5.86. The van der Waals surface area contributed by atoms with Gasteiger partial charge in [-0.1, -0.05) is 36.2 Å². The van der Waals surface area contributed by atoms with Crippen molar-refractivity contribution in [3.05, 3.63) is 65.2 Å². The first kappa shape index (κ1) is 19.6. The largest absolute Gasteiger partial charge is 0.497 e. The number of hydrazone groups is 1. The second-order valence-corrected chi connectivity index (χ2v) is 7.98. The van der Waals surface area contributed by atoms with E-state index in [0.717, 1.165) is 42.1 Å². The molecular formula is C24H29N3O2. The highest BCUT2D eigenvalue weighted by Gasteiger charge is 2.33. The number of amides is 1. The van der Waals surface area contributed by atoms with Gasteiger partial charge in [-0.05, 0) is 68.2 Å². The predicted octanol–water partition coefficient (Wildman–Crippen LogP) is 4.17. The Morgan fingerprint density at radius 3 is 2.38 bits per heavy atom. The van der Waals surface area contributed by atoms with Crippen LogP contribution in [-0.4, -0.2) is 48.3 Å².